The average Bonchev–Trinajstić information content (AvgIpc) is 2.64. The Morgan fingerprint density at radius 2 is 1.85 bits per heavy atom. The second kappa shape index (κ2) is 7.72. The number of fused-ring (bicyclic) bond motifs is 1. The zero-order chi connectivity index (χ0) is 18.7. The van der Waals surface area contributed by atoms with Gasteiger partial charge < -0.3 is 10.1 Å². The van der Waals surface area contributed by atoms with Crippen LogP contribution >= 0.6 is 23.2 Å². The molecule has 0 fully saturated rings. The van der Waals surface area contributed by atoms with Gasteiger partial charge in [0.05, 0.1) is 16.2 Å². The van der Waals surface area contributed by atoms with E-state index in [4.69, 9.17) is 27.9 Å². The first-order valence-electron chi connectivity index (χ1n) is 7.77. The van der Waals surface area contributed by atoms with Gasteiger partial charge in [-0.2, -0.15) is 0 Å². The number of carbonyl (C=O) groups excluding carboxylic acids is 2. The Hall–Kier alpha value is -2.63. The molecule has 7 heteroatoms. The maximum absolute atomic E-state index is 12.3. The van der Waals surface area contributed by atoms with Crippen molar-refractivity contribution in [2.75, 3.05) is 5.32 Å². The van der Waals surface area contributed by atoms with Gasteiger partial charge in [0.15, 0.2) is 6.10 Å². The summed E-state index contributed by atoms with van der Waals surface area (Å²) in [5.41, 5.74) is 1.14. The summed E-state index contributed by atoms with van der Waals surface area (Å²) in [4.78, 5) is 28.8. The number of carbonyl (C=O) groups is 2. The van der Waals surface area contributed by atoms with E-state index in [1.165, 1.54) is 13.0 Å². The van der Waals surface area contributed by atoms with Crippen molar-refractivity contribution in [3.63, 3.8) is 0 Å². The Bertz CT molecular complexity index is 991. The molecular formula is C19H14Cl2N2O3. The van der Waals surface area contributed by atoms with Crippen LogP contribution < -0.4 is 5.32 Å². The Kier molecular flexibility index (Phi) is 5.40. The van der Waals surface area contributed by atoms with Crippen LogP contribution in [0, 0.1) is 0 Å². The van der Waals surface area contributed by atoms with Gasteiger partial charge in [0, 0.05) is 10.4 Å². The molecule has 0 aliphatic rings. The molecule has 1 atom stereocenters. The minimum Gasteiger partial charge on any atom is -0.448 e. The monoisotopic (exact) mass is 388 g/mol. The third kappa shape index (κ3) is 4.12. The molecule has 1 N–H and O–H groups in total. The van der Waals surface area contributed by atoms with Gasteiger partial charge in [-0.15, -0.1) is 0 Å². The number of hydrogen-bond donors (Lipinski definition) is 1. The van der Waals surface area contributed by atoms with Gasteiger partial charge in [-0.3, -0.25) is 4.79 Å². The summed E-state index contributed by atoms with van der Waals surface area (Å²) >= 11 is 11.9. The predicted octanol–water partition coefficient (Wildman–Crippen LogP) is 4.73. The molecule has 3 aromatic rings. The van der Waals surface area contributed by atoms with Gasteiger partial charge >= 0.3 is 5.97 Å². The number of pyridine rings is 1. The smallest absolute Gasteiger partial charge is 0.357 e. The highest BCUT2D eigenvalue weighted by molar-refractivity contribution is 6.35. The summed E-state index contributed by atoms with van der Waals surface area (Å²) in [6, 6.07) is 15.4. The van der Waals surface area contributed by atoms with E-state index in [2.05, 4.69) is 10.3 Å². The molecule has 0 aliphatic carbocycles. The molecule has 1 heterocycles. The summed E-state index contributed by atoms with van der Waals surface area (Å²) in [7, 11) is 0. The molecule has 0 saturated carbocycles. The van der Waals surface area contributed by atoms with Crippen LogP contribution in [0.5, 0.6) is 0 Å². The average molecular weight is 389 g/mol. The van der Waals surface area contributed by atoms with Crippen molar-refractivity contribution in [3.05, 3.63) is 70.3 Å². The number of hydrogen-bond acceptors (Lipinski definition) is 4. The molecule has 132 valence electrons. The number of aromatic nitrogens is 1. The molecule has 3 rings (SSSR count). The maximum atomic E-state index is 12.3. The molecule has 0 saturated heterocycles. The van der Waals surface area contributed by atoms with Crippen molar-refractivity contribution in [1.82, 2.24) is 4.98 Å². The molecule has 0 aliphatic heterocycles. The standard InChI is InChI=1S/C19H14Cl2N2O3/c1-11(18(24)23-17-10-13(20)7-8-14(17)21)26-19(25)16-9-6-12-4-2-3-5-15(12)22-16/h2-11H,1H3,(H,23,24)/t11-/m1/s1. The topological polar surface area (TPSA) is 68.3 Å². The number of nitrogens with zero attached hydrogens (tertiary/aromatic N) is 1. The van der Waals surface area contributed by atoms with Crippen LogP contribution in [-0.4, -0.2) is 23.0 Å². The normalized spacial score (nSPS) is 11.8. The number of anilines is 1. The predicted molar refractivity (Wildman–Crippen MR) is 102 cm³/mol. The molecule has 5 nitrogen and oxygen atoms in total. The lowest BCUT2D eigenvalue weighted by Gasteiger charge is -2.14. The molecule has 0 radical (unpaired) electrons. The quantitative estimate of drug-likeness (QED) is 0.656. The highest BCUT2D eigenvalue weighted by atomic mass is 35.5. The summed E-state index contributed by atoms with van der Waals surface area (Å²) in [5, 5.41) is 4.25. The molecular weight excluding hydrogens is 375 g/mol. The number of halogens is 2. The summed E-state index contributed by atoms with van der Waals surface area (Å²) in [6.45, 7) is 1.47. The highest BCUT2D eigenvalue weighted by Crippen LogP contribution is 2.25. The van der Waals surface area contributed by atoms with E-state index in [0.29, 0.717) is 21.2 Å². The van der Waals surface area contributed by atoms with Crippen LogP contribution in [0.1, 0.15) is 17.4 Å². The Morgan fingerprint density at radius 1 is 1.08 bits per heavy atom. The number of ether oxygens (including phenoxy) is 1. The molecule has 1 amide bonds. The van der Waals surface area contributed by atoms with Crippen LogP contribution in [0.2, 0.25) is 10.0 Å². The van der Waals surface area contributed by atoms with Crippen molar-refractivity contribution in [2.45, 2.75) is 13.0 Å². The van der Waals surface area contributed by atoms with Crippen LogP contribution in [0.15, 0.2) is 54.6 Å². The van der Waals surface area contributed by atoms with Crippen LogP contribution in [0.4, 0.5) is 5.69 Å². The summed E-state index contributed by atoms with van der Waals surface area (Å²) in [6.07, 6.45) is -1.04. The SMILES string of the molecule is C[C@@H](OC(=O)c1ccc2ccccc2n1)C(=O)Nc1cc(Cl)ccc1Cl. The van der Waals surface area contributed by atoms with E-state index in [1.54, 1.807) is 30.3 Å². The number of para-hydroxylation sites is 1. The van der Waals surface area contributed by atoms with Gasteiger partial charge in [0.25, 0.3) is 5.91 Å². The van der Waals surface area contributed by atoms with E-state index < -0.39 is 18.0 Å². The van der Waals surface area contributed by atoms with Gasteiger partial charge in [-0.05, 0) is 37.3 Å². The first-order valence-corrected chi connectivity index (χ1v) is 8.52. The fraction of sp³-hybridized carbons (Fsp3) is 0.105. The number of benzene rings is 2. The van der Waals surface area contributed by atoms with Crippen LogP contribution in [0.3, 0.4) is 0 Å². The van der Waals surface area contributed by atoms with Gasteiger partial charge in [-0.25, -0.2) is 9.78 Å². The first kappa shape index (κ1) is 18.2. The summed E-state index contributed by atoms with van der Waals surface area (Å²) in [5.74, 6) is -1.21. The number of nitrogens with one attached hydrogen (secondary N) is 1. The van der Waals surface area contributed by atoms with E-state index in [0.717, 1.165) is 5.39 Å². The van der Waals surface area contributed by atoms with Crippen LogP contribution in [0.25, 0.3) is 10.9 Å². The molecule has 2 aromatic carbocycles. The number of esters is 1. The second-order valence-corrected chi connectivity index (χ2v) is 6.39. The van der Waals surface area contributed by atoms with Gasteiger partial charge in [-0.1, -0.05) is 47.5 Å². The Labute approximate surface area is 159 Å². The molecule has 1 aromatic heterocycles. The maximum Gasteiger partial charge on any atom is 0.357 e. The van der Waals surface area contributed by atoms with Crippen LogP contribution in [-0.2, 0) is 9.53 Å². The van der Waals surface area contributed by atoms with Crippen molar-refractivity contribution >= 4 is 51.7 Å². The van der Waals surface area contributed by atoms with E-state index in [-0.39, 0.29) is 5.69 Å². The summed E-state index contributed by atoms with van der Waals surface area (Å²) < 4.78 is 5.20. The van der Waals surface area contributed by atoms with E-state index in [9.17, 15) is 9.59 Å². The zero-order valence-corrected chi connectivity index (χ0v) is 15.2. The fourth-order valence-electron chi connectivity index (χ4n) is 2.28. The zero-order valence-electron chi connectivity index (χ0n) is 13.7. The van der Waals surface area contributed by atoms with E-state index >= 15 is 0 Å². The Morgan fingerprint density at radius 3 is 2.65 bits per heavy atom. The van der Waals surface area contributed by atoms with Gasteiger partial charge in [0.1, 0.15) is 5.69 Å². The number of rotatable bonds is 4. The molecule has 0 spiro atoms. The van der Waals surface area contributed by atoms with Crippen molar-refractivity contribution in [2.24, 2.45) is 0 Å². The lowest BCUT2D eigenvalue weighted by molar-refractivity contribution is -0.123. The van der Waals surface area contributed by atoms with Crippen molar-refractivity contribution < 1.29 is 14.3 Å². The minimum atomic E-state index is -1.04. The molecule has 0 bridgehead atoms. The highest BCUT2D eigenvalue weighted by Gasteiger charge is 2.21. The first-order chi connectivity index (χ1) is 12.4. The molecule has 26 heavy (non-hydrogen) atoms. The third-order valence-corrected chi connectivity index (χ3v) is 4.21. The lowest BCUT2D eigenvalue weighted by atomic mass is 10.2. The molecule has 0 unspecified atom stereocenters. The number of amides is 1. The van der Waals surface area contributed by atoms with Gasteiger partial charge in [0.2, 0.25) is 0 Å². The second-order valence-electron chi connectivity index (χ2n) is 5.55. The fourth-order valence-corrected chi connectivity index (χ4v) is 2.62. The van der Waals surface area contributed by atoms with E-state index in [1.807, 2.05) is 18.2 Å². The minimum absolute atomic E-state index is 0.129. The van der Waals surface area contributed by atoms with Crippen molar-refractivity contribution in [1.29, 1.82) is 0 Å². The third-order valence-electron chi connectivity index (χ3n) is 3.65. The largest absolute Gasteiger partial charge is 0.448 e. The van der Waals surface area contributed by atoms with Crippen molar-refractivity contribution in [3.8, 4) is 0 Å². The lowest BCUT2D eigenvalue weighted by Crippen LogP contribution is -2.30. The Balaban J connectivity index is 1.69.